The predicted octanol–water partition coefficient (Wildman–Crippen LogP) is 5.19. The summed E-state index contributed by atoms with van der Waals surface area (Å²) in [5.74, 6) is 3.05. The topological polar surface area (TPSA) is 33.6 Å². The first-order chi connectivity index (χ1) is 10.8. The van der Waals surface area contributed by atoms with E-state index in [1.165, 1.54) is 43.2 Å². The lowest BCUT2D eigenvalue weighted by Crippen LogP contribution is -2.15. The second kappa shape index (κ2) is 7.47. The van der Waals surface area contributed by atoms with Gasteiger partial charge in [-0.3, -0.25) is 5.10 Å². The van der Waals surface area contributed by atoms with E-state index in [4.69, 9.17) is 12.2 Å². The second-order valence-corrected chi connectivity index (χ2v) is 7.40. The van der Waals surface area contributed by atoms with Crippen molar-refractivity contribution in [1.82, 2.24) is 14.8 Å². The lowest BCUT2D eigenvalue weighted by Gasteiger charge is -2.24. The van der Waals surface area contributed by atoms with Gasteiger partial charge in [-0.05, 0) is 43.1 Å². The molecule has 0 amide bonds. The third-order valence-corrected chi connectivity index (χ3v) is 5.73. The van der Waals surface area contributed by atoms with Crippen LogP contribution in [-0.4, -0.2) is 14.8 Å². The van der Waals surface area contributed by atoms with E-state index >= 15 is 0 Å². The molecule has 5 heteroatoms. The minimum Gasteiger partial charge on any atom is -0.300 e. The van der Waals surface area contributed by atoms with Gasteiger partial charge in [0.1, 0.15) is 5.82 Å². The molecule has 1 heterocycles. The summed E-state index contributed by atoms with van der Waals surface area (Å²) in [7, 11) is 0. The van der Waals surface area contributed by atoms with Gasteiger partial charge < -0.3 is 4.57 Å². The van der Waals surface area contributed by atoms with Crippen LogP contribution in [0, 0.1) is 11.7 Å². The van der Waals surface area contributed by atoms with E-state index in [1.807, 2.05) is 11.8 Å². The molecule has 1 aromatic heterocycles. The highest BCUT2D eigenvalue weighted by Gasteiger charge is 2.19. The number of benzene rings is 1. The van der Waals surface area contributed by atoms with Crippen LogP contribution in [0.2, 0.25) is 0 Å². The van der Waals surface area contributed by atoms with Gasteiger partial charge in [0.05, 0.1) is 5.75 Å². The molecular formula is C17H23N3S2. The Balaban J connectivity index is 1.66. The summed E-state index contributed by atoms with van der Waals surface area (Å²) in [4.78, 5) is 0. The van der Waals surface area contributed by atoms with Gasteiger partial charge in [0.15, 0.2) is 4.77 Å². The summed E-state index contributed by atoms with van der Waals surface area (Å²) >= 11 is 7.37. The first-order valence-electron chi connectivity index (χ1n) is 8.04. The molecule has 0 unspecified atom stereocenters. The summed E-state index contributed by atoms with van der Waals surface area (Å²) in [6.07, 6.45) is 6.46. The Morgan fingerprint density at radius 1 is 1.23 bits per heavy atom. The zero-order valence-corrected chi connectivity index (χ0v) is 14.7. The van der Waals surface area contributed by atoms with Crippen molar-refractivity contribution in [2.45, 2.75) is 56.6 Å². The van der Waals surface area contributed by atoms with Crippen LogP contribution < -0.4 is 0 Å². The number of rotatable bonds is 5. The quantitative estimate of drug-likeness (QED) is 0.765. The van der Waals surface area contributed by atoms with Crippen molar-refractivity contribution in [2.75, 3.05) is 0 Å². The molecular weight excluding hydrogens is 310 g/mol. The maximum atomic E-state index is 5.45. The molecule has 1 aromatic carbocycles. The van der Waals surface area contributed by atoms with E-state index in [0.717, 1.165) is 22.1 Å². The molecule has 2 aromatic rings. The van der Waals surface area contributed by atoms with Gasteiger partial charge in [-0.25, -0.2) is 0 Å². The second-order valence-electron chi connectivity index (χ2n) is 6.03. The molecule has 1 aliphatic carbocycles. The van der Waals surface area contributed by atoms with Gasteiger partial charge in [-0.1, -0.05) is 43.5 Å². The van der Waals surface area contributed by atoms with Crippen LogP contribution in [0.3, 0.4) is 0 Å². The van der Waals surface area contributed by atoms with Gasteiger partial charge >= 0.3 is 0 Å². The summed E-state index contributed by atoms with van der Waals surface area (Å²) in [5, 5.41) is 7.47. The largest absolute Gasteiger partial charge is 0.300 e. The monoisotopic (exact) mass is 333 g/mol. The van der Waals surface area contributed by atoms with Gasteiger partial charge in [0, 0.05) is 11.8 Å². The van der Waals surface area contributed by atoms with Crippen LogP contribution in [0.5, 0.6) is 0 Å². The number of nitrogens with one attached hydrogen (secondary N) is 1. The normalized spacial score (nSPS) is 16.0. The van der Waals surface area contributed by atoms with E-state index < -0.39 is 0 Å². The number of hydrogen-bond donors (Lipinski definition) is 1. The lowest BCUT2D eigenvalue weighted by atomic mass is 9.95. The van der Waals surface area contributed by atoms with Crippen molar-refractivity contribution >= 4 is 24.0 Å². The van der Waals surface area contributed by atoms with E-state index in [9.17, 15) is 0 Å². The fourth-order valence-electron chi connectivity index (χ4n) is 3.18. The van der Waals surface area contributed by atoms with Crippen LogP contribution in [0.15, 0.2) is 24.3 Å². The van der Waals surface area contributed by atoms with Crippen LogP contribution in [-0.2, 0) is 11.5 Å². The van der Waals surface area contributed by atoms with Crippen LogP contribution in [0.1, 0.15) is 55.1 Å². The molecule has 0 spiro atoms. The van der Waals surface area contributed by atoms with Crippen molar-refractivity contribution in [1.29, 1.82) is 0 Å². The number of H-pyrrole nitrogens is 1. The van der Waals surface area contributed by atoms with E-state index in [0.29, 0.717) is 6.04 Å². The lowest BCUT2D eigenvalue weighted by molar-refractivity contribution is 0.345. The Morgan fingerprint density at radius 2 is 2.00 bits per heavy atom. The molecule has 3 nitrogen and oxygen atoms in total. The highest BCUT2D eigenvalue weighted by molar-refractivity contribution is 7.97. The van der Waals surface area contributed by atoms with Crippen molar-refractivity contribution in [3.05, 3.63) is 46.0 Å². The van der Waals surface area contributed by atoms with E-state index in [1.54, 1.807) is 0 Å². The fourth-order valence-corrected chi connectivity index (χ4v) is 4.51. The van der Waals surface area contributed by atoms with Gasteiger partial charge in [-0.15, -0.1) is 11.8 Å². The highest BCUT2D eigenvalue weighted by atomic mass is 32.2. The first-order valence-corrected chi connectivity index (χ1v) is 9.60. The van der Waals surface area contributed by atoms with Crippen molar-refractivity contribution in [3.63, 3.8) is 0 Å². The number of aryl methyl sites for hydroxylation is 1. The minimum atomic E-state index is 0.550. The maximum absolute atomic E-state index is 5.45. The summed E-state index contributed by atoms with van der Waals surface area (Å²) in [6, 6.07) is 9.14. The average molecular weight is 334 g/mol. The third-order valence-electron chi connectivity index (χ3n) is 4.47. The summed E-state index contributed by atoms with van der Waals surface area (Å²) in [6.45, 7) is 2.17. The first kappa shape index (κ1) is 15.8. The Labute approximate surface area is 141 Å². The van der Waals surface area contributed by atoms with Crippen molar-refractivity contribution < 1.29 is 0 Å². The SMILES string of the molecule is Cc1ccccc1CSCc1n[nH]c(=S)n1C1CCCCC1. The molecule has 0 saturated heterocycles. The zero-order chi connectivity index (χ0) is 15.4. The molecule has 0 atom stereocenters. The van der Waals surface area contributed by atoms with E-state index in [2.05, 4.69) is 46.0 Å². The molecule has 1 N–H and O–H groups in total. The highest BCUT2D eigenvalue weighted by Crippen LogP contribution is 2.30. The molecule has 118 valence electrons. The minimum absolute atomic E-state index is 0.550. The number of thioether (sulfide) groups is 1. The molecule has 0 radical (unpaired) electrons. The van der Waals surface area contributed by atoms with Crippen molar-refractivity contribution in [3.8, 4) is 0 Å². The Kier molecular flexibility index (Phi) is 5.37. The Hall–Kier alpha value is -1.07. The third kappa shape index (κ3) is 3.63. The summed E-state index contributed by atoms with van der Waals surface area (Å²) < 4.78 is 3.07. The van der Waals surface area contributed by atoms with Crippen LogP contribution in [0.25, 0.3) is 0 Å². The Bertz CT molecular complexity index is 669. The van der Waals surface area contributed by atoms with Gasteiger partial charge in [0.2, 0.25) is 0 Å². The molecule has 1 fully saturated rings. The maximum Gasteiger partial charge on any atom is 0.195 e. The number of aromatic nitrogens is 3. The van der Waals surface area contributed by atoms with Crippen LogP contribution >= 0.6 is 24.0 Å². The van der Waals surface area contributed by atoms with Gasteiger partial charge in [-0.2, -0.15) is 5.10 Å². The zero-order valence-electron chi connectivity index (χ0n) is 13.0. The number of hydrogen-bond acceptors (Lipinski definition) is 3. The number of aromatic amines is 1. The van der Waals surface area contributed by atoms with Gasteiger partial charge in [0.25, 0.3) is 0 Å². The average Bonchev–Trinajstić information content (AvgIpc) is 2.91. The number of nitrogens with zero attached hydrogens (tertiary/aromatic N) is 2. The fraction of sp³-hybridized carbons (Fsp3) is 0.529. The smallest absolute Gasteiger partial charge is 0.195 e. The Morgan fingerprint density at radius 3 is 2.77 bits per heavy atom. The molecule has 1 aliphatic rings. The van der Waals surface area contributed by atoms with Crippen molar-refractivity contribution in [2.24, 2.45) is 0 Å². The molecule has 3 rings (SSSR count). The summed E-state index contributed by atoms with van der Waals surface area (Å²) in [5.41, 5.74) is 2.77. The molecule has 1 saturated carbocycles. The van der Waals surface area contributed by atoms with E-state index in [-0.39, 0.29) is 0 Å². The molecule has 0 bridgehead atoms. The van der Waals surface area contributed by atoms with Crippen LogP contribution in [0.4, 0.5) is 0 Å². The molecule has 0 aliphatic heterocycles. The molecule has 22 heavy (non-hydrogen) atoms. The predicted molar refractivity (Wildman–Crippen MR) is 95.7 cm³/mol. The standard InChI is InChI=1S/C17H23N3S2/c1-13-7-5-6-8-14(13)11-22-12-16-18-19-17(21)20(16)15-9-3-2-4-10-15/h5-8,15H,2-4,9-12H2,1H3,(H,19,21).